The van der Waals surface area contributed by atoms with E-state index in [-0.39, 0.29) is 35.0 Å². The molecule has 0 aromatic carbocycles. The van der Waals surface area contributed by atoms with Gasteiger partial charge in [0.15, 0.2) is 11.5 Å². The summed E-state index contributed by atoms with van der Waals surface area (Å²) in [6, 6.07) is 2.08. The molecule has 0 radical (unpaired) electrons. The lowest BCUT2D eigenvalue weighted by Crippen LogP contribution is -2.13. The van der Waals surface area contributed by atoms with Crippen LogP contribution < -0.4 is 5.32 Å². The second-order valence-corrected chi connectivity index (χ2v) is 5.54. The van der Waals surface area contributed by atoms with Gasteiger partial charge in [0.05, 0.1) is 24.0 Å². The van der Waals surface area contributed by atoms with Gasteiger partial charge in [-0.3, -0.25) is 19.3 Å². The lowest BCUT2D eigenvalue weighted by Gasteiger charge is -2.11. The van der Waals surface area contributed by atoms with Crippen LogP contribution in [0.25, 0.3) is 0 Å². The van der Waals surface area contributed by atoms with E-state index in [2.05, 4.69) is 20.6 Å². The number of anilines is 1. The monoisotopic (exact) mass is 379 g/mol. The zero-order valence-electron chi connectivity index (χ0n) is 13.8. The Morgan fingerprint density at radius 3 is 2.74 bits per heavy atom. The number of pyridine rings is 1. The zero-order valence-corrected chi connectivity index (χ0v) is 13.8. The number of amides is 1. The first-order valence-electron chi connectivity index (χ1n) is 7.55. The minimum absolute atomic E-state index is 0.0615. The van der Waals surface area contributed by atoms with Crippen LogP contribution in [0.3, 0.4) is 0 Å². The molecule has 3 rings (SSSR count). The summed E-state index contributed by atoms with van der Waals surface area (Å²) in [5.74, 6) is -1.10. The number of nitrogens with one attached hydrogen (secondary N) is 1. The van der Waals surface area contributed by atoms with Gasteiger partial charge < -0.3 is 9.84 Å². The van der Waals surface area contributed by atoms with Crippen molar-refractivity contribution in [2.24, 2.45) is 0 Å². The third kappa shape index (κ3) is 4.19. The standard InChI is InChI=1S/C16H12F3N5O3/c1-9(25)14-4-13(23-27-14)15(26)22-11-6-21-24(8-11)7-10-5-20-3-2-12(10)16(17,18)19/h2-6,8H,7H2,1H3,(H,22,26). The highest BCUT2D eigenvalue weighted by atomic mass is 19.4. The summed E-state index contributed by atoms with van der Waals surface area (Å²) in [5.41, 5.74) is -0.740. The Labute approximate surface area is 150 Å². The molecule has 1 N–H and O–H groups in total. The molecule has 0 aliphatic heterocycles. The lowest BCUT2D eigenvalue weighted by molar-refractivity contribution is -0.138. The van der Waals surface area contributed by atoms with E-state index in [1.54, 1.807) is 0 Å². The summed E-state index contributed by atoms with van der Waals surface area (Å²) < 4.78 is 45.0. The Hall–Kier alpha value is -3.50. The molecule has 11 heteroatoms. The summed E-state index contributed by atoms with van der Waals surface area (Å²) in [6.45, 7) is 1.08. The molecule has 0 bridgehead atoms. The van der Waals surface area contributed by atoms with Crippen LogP contribution in [0.15, 0.2) is 41.4 Å². The first kappa shape index (κ1) is 18.3. The molecule has 0 fully saturated rings. The van der Waals surface area contributed by atoms with Gasteiger partial charge in [0.25, 0.3) is 5.91 Å². The summed E-state index contributed by atoms with van der Waals surface area (Å²) in [5, 5.41) is 9.87. The van der Waals surface area contributed by atoms with E-state index in [9.17, 15) is 22.8 Å². The smallest absolute Gasteiger partial charge is 0.352 e. The Bertz CT molecular complexity index is 993. The molecule has 3 aromatic heterocycles. The summed E-state index contributed by atoms with van der Waals surface area (Å²) in [4.78, 5) is 26.9. The molecule has 140 valence electrons. The number of rotatable bonds is 5. The number of carbonyl (C=O) groups excluding carboxylic acids is 2. The number of Topliss-reactive ketones (excluding diaryl/α,β-unsaturated/α-hetero) is 1. The van der Waals surface area contributed by atoms with Gasteiger partial charge >= 0.3 is 6.18 Å². The molecule has 8 nitrogen and oxygen atoms in total. The molecular weight excluding hydrogens is 367 g/mol. The van der Waals surface area contributed by atoms with Gasteiger partial charge in [-0.1, -0.05) is 5.16 Å². The zero-order chi connectivity index (χ0) is 19.6. The fourth-order valence-electron chi connectivity index (χ4n) is 2.26. The first-order chi connectivity index (χ1) is 12.7. The molecular formula is C16H12F3N5O3. The van der Waals surface area contributed by atoms with Crippen molar-refractivity contribution < 1.29 is 27.3 Å². The van der Waals surface area contributed by atoms with Crippen LogP contribution in [0.5, 0.6) is 0 Å². The molecule has 0 aliphatic rings. The fourth-order valence-corrected chi connectivity index (χ4v) is 2.26. The topological polar surface area (TPSA) is 103 Å². The number of aromatic nitrogens is 4. The largest absolute Gasteiger partial charge is 0.416 e. The molecule has 0 saturated heterocycles. The third-order valence-electron chi connectivity index (χ3n) is 3.52. The number of alkyl halides is 3. The molecule has 0 aliphatic carbocycles. The first-order valence-corrected chi connectivity index (χ1v) is 7.55. The number of hydrogen-bond acceptors (Lipinski definition) is 6. The van der Waals surface area contributed by atoms with Crippen LogP contribution in [0, 0.1) is 0 Å². The van der Waals surface area contributed by atoms with E-state index < -0.39 is 17.6 Å². The van der Waals surface area contributed by atoms with Crippen LogP contribution >= 0.6 is 0 Å². The minimum atomic E-state index is -4.51. The van der Waals surface area contributed by atoms with E-state index in [1.807, 2.05) is 0 Å². The second-order valence-electron chi connectivity index (χ2n) is 5.54. The number of ketones is 1. The Morgan fingerprint density at radius 1 is 1.30 bits per heavy atom. The van der Waals surface area contributed by atoms with Crippen molar-refractivity contribution in [2.45, 2.75) is 19.6 Å². The van der Waals surface area contributed by atoms with Crippen molar-refractivity contribution in [3.8, 4) is 0 Å². The van der Waals surface area contributed by atoms with Crippen LogP contribution in [0.1, 0.15) is 39.1 Å². The fraction of sp³-hybridized carbons (Fsp3) is 0.188. The highest BCUT2D eigenvalue weighted by Gasteiger charge is 2.33. The molecule has 0 spiro atoms. The Kier molecular flexibility index (Phi) is 4.75. The average molecular weight is 379 g/mol. The maximum absolute atomic E-state index is 13.0. The predicted octanol–water partition coefficient (Wildman–Crippen LogP) is 2.79. The van der Waals surface area contributed by atoms with Crippen molar-refractivity contribution in [2.75, 3.05) is 5.32 Å². The Morgan fingerprint density at radius 2 is 2.07 bits per heavy atom. The molecule has 0 unspecified atom stereocenters. The van der Waals surface area contributed by atoms with Crippen molar-refractivity contribution >= 4 is 17.4 Å². The van der Waals surface area contributed by atoms with E-state index in [4.69, 9.17) is 4.52 Å². The lowest BCUT2D eigenvalue weighted by atomic mass is 10.1. The highest BCUT2D eigenvalue weighted by molar-refractivity contribution is 6.04. The number of halogens is 3. The van der Waals surface area contributed by atoms with Gasteiger partial charge in [0, 0.05) is 37.1 Å². The molecule has 0 saturated carbocycles. The van der Waals surface area contributed by atoms with E-state index in [1.165, 1.54) is 30.1 Å². The van der Waals surface area contributed by atoms with E-state index >= 15 is 0 Å². The molecule has 1 amide bonds. The maximum atomic E-state index is 13.0. The summed E-state index contributed by atoms with van der Waals surface area (Å²) >= 11 is 0. The van der Waals surface area contributed by atoms with Crippen LogP contribution in [-0.2, 0) is 12.7 Å². The van der Waals surface area contributed by atoms with Gasteiger partial charge in [-0.2, -0.15) is 18.3 Å². The minimum Gasteiger partial charge on any atom is -0.352 e. The van der Waals surface area contributed by atoms with Crippen LogP contribution in [0.4, 0.5) is 18.9 Å². The van der Waals surface area contributed by atoms with Crippen molar-refractivity contribution in [1.82, 2.24) is 19.9 Å². The molecule has 3 heterocycles. The van der Waals surface area contributed by atoms with E-state index in [0.717, 1.165) is 18.5 Å². The highest BCUT2D eigenvalue weighted by Crippen LogP contribution is 2.31. The van der Waals surface area contributed by atoms with Crippen molar-refractivity contribution in [1.29, 1.82) is 0 Å². The SMILES string of the molecule is CC(=O)c1cc(C(=O)Nc2cnn(Cc3cnccc3C(F)(F)F)c2)no1. The maximum Gasteiger partial charge on any atom is 0.416 e. The molecule has 0 atom stereocenters. The van der Waals surface area contributed by atoms with Crippen molar-refractivity contribution in [3.05, 3.63) is 59.5 Å². The van der Waals surface area contributed by atoms with E-state index in [0.29, 0.717) is 0 Å². The molecule has 27 heavy (non-hydrogen) atoms. The number of carbonyl (C=O) groups is 2. The summed E-state index contributed by atoms with van der Waals surface area (Å²) in [6.07, 6.45) is 0.296. The van der Waals surface area contributed by atoms with Crippen LogP contribution in [0.2, 0.25) is 0 Å². The average Bonchev–Trinajstić information content (AvgIpc) is 3.24. The van der Waals surface area contributed by atoms with Gasteiger partial charge in [-0.25, -0.2) is 0 Å². The normalized spacial score (nSPS) is 11.4. The van der Waals surface area contributed by atoms with Crippen LogP contribution in [-0.4, -0.2) is 31.6 Å². The van der Waals surface area contributed by atoms with Gasteiger partial charge in [-0.05, 0) is 6.07 Å². The summed E-state index contributed by atoms with van der Waals surface area (Å²) in [7, 11) is 0. The quantitative estimate of drug-likeness (QED) is 0.684. The van der Waals surface area contributed by atoms with Gasteiger partial charge in [0.2, 0.25) is 5.76 Å². The van der Waals surface area contributed by atoms with Crippen molar-refractivity contribution in [3.63, 3.8) is 0 Å². The predicted molar refractivity (Wildman–Crippen MR) is 85.0 cm³/mol. The van der Waals surface area contributed by atoms with Gasteiger partial charge in [0.1, 0.15) is 0 Å². The Balaban J connectivity index is 1.72. The third-order valence-corrected chi connectivity index (χ3v) is 3.52. The second kappa shape index (κ2) is 7.02. The molecule has 3 aromatic rings. The number of nitrogens with zero attached hydrogens (tertiary/aromatic N) is 4. The van der Waals surface area contributed by atoms with Gasteiger partial charge in [-0.15, -0.1) is 0 Å². The number of hydrogen-bond donors (Lipinski definition) is 1.